The van der Waals surface area contributed by atoms with Crippen molar-refractivity contribution in [2.75, 3.05) is 19.6 Å². The van der Waals surface area contributed by atoms with Gasteiger partial charge in [-0.2, -0.15) is 0 Å². The van der Waals surface area contributed by atoms with Crippen LogP contribution in [0.15, 0.2) is 5.38 Å². The summed E-state index contributed by atoms with van der Waals surface area (Å²) < 4.78 is 6.43. The van der Waals surface area contributed by atoms with Crippen LogP contribution in [-0.2, 0) is 16.0 Å². The van der Waals surface area contributed by atoms with E-state index in [-0.39, 0.29) is 29.4 Å². The van der Waals surface area contributed by atoms with Crippen molar-refractivity contribution in [3.8, 4) is 0 Å². The molecule has 1 spiro atoms. The van der Waals surface area contributed by atoms with Crippen LogP contribution in [0, 0.1) is 17.8 Å². The predicted octanol–water partition coefficient (Wildman–Crippen LogP) is 2.63. The quantitative estimate of drug-likeness (QED) is 0.793. The predicted molar refractivity (Wildman–Crippen MR) is 106 cm³/mol. The molecule has 152 valence electrons. The van der Waals surface area contributed by atoms with Crippen molar-refractivity contribution in [3.05, 3.63) is 16.1 Å². The molecule has 2 bridgehead atoms. The second-order valence-electron chi connectivity index (χ2n) is 8.97. The number of thiazole rings is 1. The number of amides is 2. The average molecular weight is 404 g/mol. The maximum absolute atomic E-state index is 13.0. The molecular weight excluding hydrogens is 374 g/mol. The fourth-order valence-corrected chi connectivity index (χ4v) is 6.43. The monoisotopic (exact) mass is 403 g/mol. The minimum atomic E-state index is -0.200. The number of rotatable bonds is 6. The van der Waals surface area contributed by atoms with E-state index in [0.29, 0.717) is 30.6 Å². The van der Waals surface area contributed by atoms with E-state index in [9.17, 15) is 9.59 Å². The molecule has 5 rings (SSSR count). The molecule has 0 unspecified atom stereocenters. The van der Waals surface area contributed by atoms with Crippen LogP contribution >= 0.6 is 11.3 Å². The Labute approximate surface area is 170 Å². The second-order valence-corrected chi connectivity index (χ2v) is 9.91. The molecule has 4 aliphatic rings. The van der Waals surface area contributed by atoms with Gasteiger partial charge in [-0.25, -0.2) is 4.98 Å². The molecule has 3 saturated heterocycles. The number of carbonyl (C=O) groups excluding carboxylic acids is 2. The molecule has 1 saturated carbocycles. The topological polar surface area (TPSA) is 71.5 Å². The van der Waals surface area contributed by atoms with Crippen molar-refractivity contribution in [1.29, 1.82) is 0 Å². The van der Waals surface area contributed by atoms with Crippen LogP contribution in [0.5, 0.6) is 0 Å². The summed E-state index contributed by atoms with van der Waals surface area (Å²) in [4.78, 5) is 31.8. The number of nitrogens with zero attached hydrogens (tertiary/aromatic N) is 2. The number of ether oxygens (including phenoxy) is 1. The third kappa shape index (κ3) is 2.98. The van der Waals surface area contributed by atoms with E-state index in [4.69, 9.17) is 4.74 Å². The summed E-state index contributed by atoms with van der Waals surface area (Å²) in [5, 5.41) is 6.12. The number of fused-ring (bicyclic) bond motifs is 1. The first-order chi connectivity index (χ1) is 13.6. The summed E-state index contributed by atoms with van der Waals surface area (Å²) in [7, 11) is 0. The minimum Gasteiger partial charge on any atom is -0.369 e. The molecule has 1 aromatic heterocycles. The lowest BCUT2D eigenvalue weighted by atomic mass is 9.73. The third-order valence-electron chi connectivity index (χ3n) is 7.29. The first-order valence-electron chi connectivity index (χ1n) is 10.8. The number of nitrogens with one attached hydrogen (secondary N) is 1. The van der Waals surface area contributed by atoms with Crippen LogP contribution in [-0.4, -0.2) is 53.0 Å². The Morgan fingerprint density at radius 1 is 1.39 bits per heavy atom. The Balaban J connectivity index is 1.25. The second kappa shape index (κ2) is 7.10. The number of hydrogen-bond donors (Lipinski definition) is 1. The van der Waals surface area contributed by atoms with Gasteiger partial charge in [0.15, 0.2) is 0 Å². The number of carbonyl (C=O) groups is 2. The zero-order valence-electron chi connectivity index (χ0n) is 16.5. The summed E-state index contributed by atoms with van der Waals surface area (Å²) >= 11 is 1.58. The smallest absolute Gasteiger partial charge is 0.273 e. The maximum Gasteiger partial charge on any atom is 0.273 e. The molecule has 1 aliphatic carbocycles. The van der Waals surface area contributed by atoms with Gasteiger partial charge < -0.3 is 15.0 Å². The van der Waals surface area contributed by atoms with Crippen LogP contribution in [0.2, 0.25) is 0 Å². The minimum absolute atomic E-state index is 0.0340. The zero-order valence-corrected chi connectivity index (χ0v) is 17.3. The summed E-state index contributed by atoms with van der Waals surface area (Å²) in [5.41, 5.74) is 0.378. The summed E-state index contributed by atoms with van der Waals surface area (Å²) in [5.74, 6) is 1.11. The highest BCUT2D eigenvalue weighted by Crippen LogP contribution is 2.54. The molecule has 6 nitrogen and oxygen atoms in total. The highest BCUT2D eigenvalue weighted by molar-refractivity contribution is 7.09. The molecule has 7 heteroatoms. The van der Waals surface area contributed by atoms with E-state index < -0.39 is 0 Å². The largest absolute Gasteiger partial charge is 0.369 e. The van der Waals surface area contributed by atoms with Crippen molar-refractivity contribution in [2.45, 2.75) is 63.6 Å². The normalized spacial score (nSPS) is 33.8. The van der Waals surface area contributed by atoms with Gasteiger partial charge in [-0.3, -0.25) is 9.59 Å². The van der Waals surface area contributed by atoms with E-state index in [2.05, 4.69) is 17.2 Å². The van der Waals surface area contributed by atoms with Crippen molar-refractivity contribution in [1.82, 2.24) is 15.2 Å². The van der Waals surface area contributed by atoms with Crippen LogP contribution in [0.1, 0.15) is 60.9 Å². The van der Waals surface area contributed by atoms with Crippen molar-refractivity contribution >= 4 is 23.2 Å². The molecule has 4 fully saturated rings. The van der Waals surface area contributed by atoms with Crippen molar-refractivity contribution < 1.29 is 14.3 Å². The van der Waals surface area contributed by atoms with Gasteiger partial charge in [-0.1, -0.05) is 13.3 Å². The summed E-state index contributed by atoms with van der Waals surface area (Å²) in [6, 6.07) is 0. The maximum atomic E-state index is 13.0. The molecule has 2 amide bonds. The fraction of sp³-hybridized carbons (Fsp3) is 0.762. The molecule has 4 atom stereocenters. The van der Waals surface area contributed by atoms with Crippen LogP contribution in [0.3, 0.4) is 0 Å². The van der Waals surface area contributed by atoms with Gasteiger partial charge in [0.25, 0.3) is 5.91 Å². The third-order valence-corrected chi connectivity index (χ3v) is 8.20. The van der Waals surface area contributed by atoms with Gasteiger partial charge in [0.05, 0.1) is 23.3 Å². The molecule has 1 N–H and O–H groups in total. The Morgan fingerprint density at radius 2 is 2.25 bits per heavy atom. The number of aryl methyl sites for hydroxylation is 1. The lowest BCUT2D eigenvalue weighted by Crippen LogP contribution is -2.44. The molecular formula is C21H29N3O3S. The molecule has 3 aliphatic heterocycles. The van der Waals surface area contributed by atoms with Gasteiger partial charge in [-0.05, 0) is 38.5 Å². The van der Waals surface area contributed by atoms with E-state index >= 15 is 0 Å². The number of aromatic nitrogens is 1. The molecule has 0 aromatic carbocycles. The van der Waals surface area contributed by atoms with Gasteiger partial charge >= 0.3 is 0 Å². The molecule has 0 radical (unpaired) electrons. The first kappa shape index (κ1) is 18.6. The van der Waals surface area contributed by atoms with E-state index in [1.54, 1.807) is 11.3 Å². The Hall–Kier alpha value is -1.47. The fourth-order valence-electron chi connectivity index (χ4n) is 5.55. The highest BCUT2D eigenvalue weighted by atomic mass is 32.1. The first-order valence-corrected chi connectivity index (χ1v) is 11.7. The van der Waals surface area contributed by atoms with Crippen LogP contribution in [0.25, 0.3) is 0 Å². The molecule has 1 aromatic rings. The summed E-state index contributed by atoms with van der Waals surface area (Å²) in [6.45, 7) is 4.20. The Kier molecular flexibility index (Phi) is 4.70. The van der Waals surface area contributed by atoms with Gasteiger partial charge in [0.1, 0.15) is 5.69 Å². The van der Waals surface area contributed by atoms with E-state index in [1.807, 2.05) is 10.3 Å². The average Bonchev–Trinajstić information content (AvgIpc) is 3.38. The van der Waals surface area contributed by atoms with Crippen LogP contribution in [0.4, 0.5) is 0 Å². The molecule has 28 heavy (non-hydrogen) atoms. The van der Waals surface area contributed by atoms with Crippen molar-refractivity contribution in [2.24, 2.45) is 17.8 Å². The van der Waals surface area contributed by atoms with Crippen LogP contribution < -0.4 is 5.32 Å². The number of likely N-dealkylation sites (tertiary alicyclic amines) is 1. The van der Waals surface area contributed by atoms with Gasteiger partial charge in [0, 0.05) is 36.2 Å². The summed E-state index contributed by atoms with van der Waals surface area (Å²) in [6.07, 6.45) is 7.50. The van der Waals surface area contributed by atoms with E-state index in [1.165, 1.54) is 6.42 Å². The van der Waals surface area contributed by atoms with Gasteiger partial charge in [0.2, 0.25) is 5.91 Å². The van der Waals surface area contributed by atoms with Crippen molar-refractivity contribution in [3.63, 3.8) is 0 Å². The Bertz CT molecular complexity index is 777. The standard InChI is InChI=1S/C21H29N3O3S/c1-2-4-18-23-16(11-28-18)20(26)24-10-15-14(9-22-19(25)13-5-3-6-13)17-7-8-21(15,12-24)27-17/h11,13-15,17H,2-10,12H2,1H3,(H,22,25)/t14-,15+,17+,21+/m0/s1. The molecule has 4 heterocycles. The highest BCUT2D eigenvalue weighted by Gasteiger charge is 2.63. The van der Waals surface area contributed by atoms with Gasteiger partial charge in [-0.15, -0.1) is 11.3 Å². The lowest BCUT2D eigenvalue weighted by Gasteiger charge is -2.30. The van der Waals surface area contributed by atoms with E-state index in [0.717, 1.165) is 50.1 Å². The Morgan fingerprint density at radius 3 is 3.00 bits per heavy atom. The lowest BCUT2D eigenvalue weighted by molar-refractivity contribution is -0.127. The zero-order chi connectivity index (χ0) is 19.3. The number of hydrogen-bond acceptors (Lipinski definition) is 5. The SMILES string of the molecule is CCCc1nc(C(=O)N2C[C@@H]3[C@H](CNC(=O)C4CCC4)[C@H]4CC[C@]3(C2)O4)cs1.